The van der Waals surface area contributed by atoms with Gasteiger partial charge in [-0.05, 0) is 36.8 Å². The van der Waals surface area contributed by atoms with E-state index in [1.807, 2.05) is 25.1 Å². The van der Waals surface area contributed by atoms with E-state index < -0.39 is 0 Å². The van der Waals surface area contributed by atoms with E-state index in [9.17, 15) is 0 Å². The van der Waals surface area contributed by atoms with Crippen LogP contribution in [0.15, 0.2) is 40.9 Å². The summed E-state index contributed by atoms with van der Waals surface area (Å²) in [5, 5.41) is 4.59. The number of nitrogen functional groups attached to an aromatic ring is 1. The standard InChI is InChI=1S/C16H14ClN3O2/c1-9-11(4-3-5-13(9)18)15-19-16(22-20-15)12-8-10(17)6-7-14(12)21-2/h3-8H,18H2,1-2H3. The van der Waals surface area contributed by atoms with Crippen LogP contribution in [0.2, 0.25) is 5.02 Å². The molecule has 0 amide bonds. The first kappa shape index (κ1) is 14.4. The molecule has 1 heterocycles. The van der Waals surface area contributed by atoms with Gasteiger partial charge >= 0.3 is 0 Å². The van der Waals surface area contributed by atoms with Crippen LogP contribution in [0.4, 0.5) is 5.69 Å². The second-order valence-corrected chi connectivity index (χ2v) is 5.22. The van der Waals surface area contributed by atoms with Crippen molar-refractivity contribution < 1.29 is 9.26 Å². The summed E-state index contributed by atoms with van der Waals surface area (Å²) in [6, 6.07) is 10.8. The Morgan fingerprint density at radius 2 is 2.00 bits per heavy atom. The topological polar surface area (TPSA) is 74.2 Å². The molecule has 0 saturated heterocycles. The molecule has 2 N–H and O–H groups in total. The number of benzene rings is 2. The fourth-order valence-electron chi connectivity index (χ4n) is 2.19. The van der Waals surface area contributed by atoms with E-state index in [1.165, 1.54) is 0 Å². The Bertz CT molecular complexity index is 830. The highest BCUT2D eigenvalue weighted by Crippen LogP contribution is 2.33. The molecule has 112 valence electrons. The molecule has 5 nitrogen and oxygen atoms in total. The van der Waals surface area contributed by atoms with Gasteiger partial charge in [0.2, 0.25) is 5.82 Å². The van der Waals surface area contributed by atoms with Crippen LogP contribution in [-0.2, 0) is 0 Å². The number of ether oxygens (including phenoxy) is 1. The molecule has 22 heavy (non-hydrogen) atoms. The molecule has 0 unspecified atom stereocenters. The quantitative estimate of drug-likeness (QED) is 0.741. The number of methoxy groups -OCH3 is 1. The summed E-state index contributed by atoms with van der Waals surface area (Å²) in [5.41, 5.74) is 8.99. The number of aromatic nitrogens is 2. The van der Waals surface area contributed by atoms with Crippen molar-refractivity contribution in [2.75, 3.05) is 12.8 Å². The van der Waals surface area contributed by atoms with Gasteiger partial charge in [0, 0.05) is 16.3 Å². The SMILES string of the molecule is COc1ccc(Cl)cc1-c1nc(-c2cccc(N)c2C)no1. The van der Waals surface area contributed by atoms with Crippen LogP contribution in [0.25, 0.3) is 22.8 Å². The highest BCUT2D eigenvalue weighted by molar-refractivity contribution is 6.30. The summed E-state index contributed by atoms with van der Waals surface area (Å²) in [7, 11) is 1.58. The summed E-state index contributed by atoms with van der Waals surface area (Å²) in [4.78, 5) is 4.43. The number of anilines is 1. The van der Waals surface area contributed by atoms with Crippen molar-refractivity contribution in [2.24, 2.45) is 0 Å². The van der Waals surface area contributed by atoms with Crippen LogP contribution < -0.4 is 10.5 Å². The monoisotopic (exact) mass is 315 g/mol. The maximum Gasteiger partial charge on any atom is 0.262 e. The van der Waals surface area contributed by atoms with Gasteiger partial charge in [0.25, 0.3) is 5.89 Å². The van der Waals surface area contributed by atoms with Crippen molar-refractivity contribution in [3.05, 3.63) is 47.0 Å². The van der Waals surface area contributed by atoms with E-state index in [0.717, 1.165) is 11.1 Å². The maximum absolute atomic E-state index is 6.03. The van der Waals surface area contributed by atoms with E-state index in [4.69, 9.17) is 26.6 Å². The van der Waals surface area contributed by atoms with Crippen molar-refractivity contribution in [1.82, 2.24) is 10.1 Å². The van der Waals surface area contributed by atoms with Gasteiger partial charge in [-0.1, -0.05) is 28.9 Å². The molecule has 6 heteroatoms. The number of hydrogen-bond acceptors (Lipinski definition) is 5. The molecule has 0 atom stereocenters. The Morgan fingerprint density at radius 3 is 2.77 bits per heavy atom. The summed E-state index contributed by atoms with van der Waals surface area (Å²) >= 11 is 6.03. The molecule has 1 aromatic heterocycles. The van der Waals surface area contributed by atoms with Crippen molar-refractivity contribution in [3.8, 4) is 28.6 Å². The Hall–Kier alpha value is -2.53. The zero-order chi connectivity index (χ0) is 15.7. The number of hydrogen-bond donors (Lipinski definition) is 1. The second-order valence-electron chi connectivity index (χ2n) is 4.79. The van der Waals surface area contributed by atoms with Crippen molar-refractivity contribution in [2.45, 2.75) is 6.92 Å². The highest BCUT2D eigenvalue weighted by atomic mass is 35.5. The fraction of sp³-hybridized carbons (Fsp3) is 0.125. The molecular formula is C16H14ClN3O2. The molecule has 3 rings (SSSR count). The predicted octanol–water partition coefficient (Wildman–Crippen LogP) is 3.96. The molecule has 0 fully saturated rings. The Morgan fingerprint density at radius 1 is 1.18 bits per heavy atom. The third-order valence-corrected chi connectivity index (χ3v) is 3.67. The lowest BCUT2D eigenvalue weighted by Crippen LogP contribution is -1.93. The summed E-state index contributed by atoms with van der Waals surface area (Å²) in [6.45, 7) is 1.92. The first-order chi connectivity index (χ1) is 10.6. The van der Waals surface area contributed by atoms with Crippen molar-refractivity contribution in [1.29, 1.82) is 0 Å². The number of nitrogens with zero attached hydrogens (tertiary/aromatic N) is 2. The fourth-order valence-corrected chi connectivity index (χ4v) is 2.36. The predicted molar refractivity (Wildman–Crippen MR) is 85.9 cm³/mol. The average Bonchev–Trinajstić information content (AvgIpc) is 2.99. The van der Waals surface area contributed by atoms with Gasteiger partial charge in [-0.2, -0.15) is 4.98 Å². The number of rotatable bonds is 3. The molecule has 3 aromatic rings. The van der Waals surface area contributed by atoms with E-state index in [1.54, 1.807) is 25.3 Å². The number of halogens is 1. The Labute approximate surface area is 132 Å². The molecule has 2 aromatic carbocycles. The van der Waals surface area contributed by atoms with Crippen LogP contribution in [-0.4, -0.2) is 17.3 Å². The van der Waals surface area contributed by atoms with E-state index in [0.29, 0.717) is 33.7 Å². The third-order valence-electron chi connectivity index (χ3n) is 3.43. The second kappa shape index (κ2) is 5.69. The van der Waals surface area contributed by atoms with Crippen LogP contribution in [0.1, 0.15) is 5.56 Å². The molecule has 0 spiro atoms. The highest BCUT2D eigenvalue weighted by Gasteiger charge is 2.16. The Kier molecular flexibility index (Phi) is 3.73. The van der Waals surface area contributed by atoms with E-state index >= 15 is 0 Å². The molecular weight excluding hydrogens is 302 g/mol. The number of nitrogens with two attached hydrogens (primary N) is 1. The molecule has 0 aliphatic heterocycles. The largest absolute Gasteiger partial charge is 0.496 e. The zero-order valence-corrected chi connectivity index (χ0v) is 12.9. The molecule has 0 aliphatic rings. The zero-order valence-electron chi connectivity index (χ0n) is 12.1. The van der Waals surface area contributed by atoms with E-state index in [2.05, 4.69) is 10.1 Å². The minimum absolute atomic E-state index is 0.344. The van der Waals surface area contributed by atoms with Gasteiger partial charge in [-0.15, -0.1) is 0 Å². The van der Waals surface area contributed by atoms with Crippen LogP contribution in [0.5, 0.6) is 5.75 Å². The lowest BCUT2D eigenvalue weighted by atomic mass is 10.1. The molecule has 0 radical (unpaired) electrons. The van der Waals surface area contributed by atoms with Crippen molar-refractivity contribution in [3.63, 3.8) is 0 Å². The van der Waals surface area contributed by atoms with Gasteiger partial charge in [-0.3, -0.25) is 0 Å². The average molecular weight is 316 g/mol. The van der Waals surface area contributed by atoms with Crippen LogP contribution in [0.3, 0.4) is 0 Å². The maximum atomic E-state index is 6.03. The molecule has 0 bridgehead atoms. The van der Waals surface area contributed by atoms with Gasteiger partial charge in [0.1, 0.15) is 5.75 Å². The summed E-state index contributed by atoms with van der Waals surface area (Å²) < 4.78 is 10.7. The van der Waals surface area contributed by atoms with Crippen LogP contribution >= 0.6 is 11.6 Å². The molecule has 0 saturated carbocycles. The van der Waals surface area contributed by atoms with Crippen molar-refractivity contribution >= 4 is 17.3 Å². The minimum Gasteiger partial charge on any atom is -0.496 e. The van der Waals surface area contributed by atoms with Gasteiger partial charge in [0.15, 0.2) is 0 Å². The Balaban J connectivity index is 2.08. The first-order valence-corrected chi connectivity index (χ1v) is 7.01. The minimum atomic E-state index is 0.344. The third kappa shape index (κ3) is 2.51. The normalized spacial score (nSPS) is 10.7. The summed E-state index contributed by atoms with van der Waals surface area (Å²) in [5.74, 6) is 1.43. The lowest BCUT2D eigenvalue weighted by molar-refractivity contribution is 0.405. The summed E-state index contributed by atoms with van der Waals surface area (Å²) in [6.07, 6.45) is 0. The van der Waals surface area contributed by atoms with Crippen LogP contribution in [0, 0.1) is 6.92 Å². The smallest absolute Gasteiger partial charge is 0.262 e. The van der Waals surface area contributed by atoms with Gasteiger partial charge < -0.3 is 15.0 Å². The lowest BCUT2D eigenvalue weighted by Gasteiger charge is -2.05. The van der Waals surface area contributed by atoms with Gasteiger partial charge in [-0.25, -0.2) is 0 Å². The first-order valence-electron chi connectivity index (χ1n) is 6.63. The molecule has 0 aliphatic carbocycles. The van der Waals surface area contributed by atoms with Gasteiger partial charge in [0.05, 0.1) is 12.7 Å². The van der Waals surface area contributed by atoms with E-state index in [-0.39, 0.29) is 0 Å².